The Morgan fingerprint density at radius 2 is 1.88 bits per heavy atom. The van der Waals surface area contributed by atoms with Crippen LogP contribution in [0.5, 0.6) is 0 Å². The first-order chi connectivity index (χ1) is 12.2. The summed E-state index contributed by atoms with van der Waals surface area (Å²) in [6.45, 7) is 13.3. The van der Waals surface area contributed by atoms with E-state index >= 15 is 0 Å². The van der Waals surface area contributed by atoms with Crippen molar-refractivity contribution in [3.8, 4) is 0 Å². The van der Waals surface area contributed by atoms with Crippen molar-refractivity contribution in [2.45, 2.75) is 66.2 Å². The van der Waals surface area contributed by atoms with Crippen LogP contribution in [-0.2, 0) is 18.7 Å². The Bertz CT molecular complexity index is 764. The van der Waals surface area contributed by atoms with Gasteiger partial charge in [0, 0.05) is 19.6 Å². The highest BCUT2D eigenvalue weighted by atomic mass is 16.3. The van der Waals surface area contributed by atoms with E-state index in [1.54, 1.807) is 13.8 Å². The molecular formula is C19H30N6O. The van der Waals surface area contributed by atoms with E-state index in [-0.39, 0.29) is 0 Å². The van der Waals surface area contributed by atoms with Gasteiger partial charge in [0.2, 0.25) is 0 Å². The summed E-state index contributed by atoms with van der Waals surface area (Å²) in [5.74, 6) is 0.528. The third kappa shape index (κ3) is 4.45. The maximum absolute atomic E-state index is 10.0. The monoisotopic (exact) mass is 358 g/mol. The molecule has 1 N–H and O–H groups in total. The van der Waals surface area contributed by atoms with Crippen LogP contribution in [0.1, 0.15) is 55.2 Å². The molecular weight excluding hydrogens is 328 g/mol. The first kappa shape index (κ1) is 18.9. The fourth-order valence-corrected chi connectivity index (χ4v) is 3.50. The second-order valence-corrected chi connectivity index (χ2v) is 8.05. The van der Waals surface area contributed by atoms with Gasteiger partial charge in [0.15, 0.2) is 0 Å². The Balaban J connectivity index is 1.63. The van der Waals surface area contributed by atoms with Gasteiger partial charge in [0.05, 0.1) is 29.0 Å². The number of nitrogens with zero attached hydrogens (tertiary/aromatic N) is 6. The number of piperidine rings is 1. The Kier molecular flexibility index (Phi) is 5.39. The van der Waals surface area contributed by atoms with Gasteiger partial charge in [0.25, 0.3) is 0 Å². The van der Waals surface area contributed by atoms with Gasteiger partial charge in [0.1, 0.15) is 11.3 Å². The van der Waals surface area contributed by atoms with Crippen molar-refractivity contribution in [3.05, 3.63) is 34.7 Å². The molecule has 0 saturated carbocycles. The predicted molar refractivity (Wildman–Crippen MR) is 99.5 cm³/mol. The van der Waals surface area contributed by atoms with Crippen LogP contribution in [0.3, 0.4) is 0 Å². The third-order valence-electron chi connectivity index (χ3n) is 5.17. The molecule has 3 heterocycles. The van der Waals surface area contributed by atoms with Crippen LogP contribution in [0.15, 0.2) is 6.20 Å². The van der Waals surface area contributed by atoms with Crippen LogP contribution in [0.4, 0.5) is 0 Å². The highest BCUT2D eigenvalue weighted by molar-refractivity contribution is 5.17. The molecule has 0 aromatic carbocycles. The van der Waals surface area contributed by atoms with E-state index in [9.17, 15) is 5.11 Å². The Morgan fingerprint density at radius 1 is 1.15 bits per heavy atom. The second-order valence-electron chi connectivity index (χ2n) is 8.05. The summed E-state index contributed by atoms with van der Waals surface area (Å²) in [5, 5.41) is 18.3. The zero-order valence-corrected chi connectivity index (χ0v) is 16.5. The van der Waals surface area contributed by atoms with Crippen molar-refractivity contribution >= 4 is 0 Å². The molecule has 0 bridgehead atoms. The van der Waals surface area contributed by atoms with Crippen LogP contribution in [-0.4, -0.2) is 48.1 Å². The van der Waals surface area contributed by atoms with Gasteiger partial charge in [-0.05, 0) is 59.9 Å². The Hall–Kier alpha value is -1.86. The normalized spacial score (nSPS) is 19.1. The number of likely N-dealkylation sites (tertiary alicyclic amines) is 1. The van der Waals surface area contributed by atoms with Crippen molar-refractivity contribution in [3.63, 3.8) is 0 Å². The molecule has 7 nitrogen and oxygen atoms in total. The van der Waals surface area contributed by atoms with E-state index in [2.05, 4.69) is 20.2 Å². The van der Waals surface area contributed by atoms with E-state index in [0.29, 0.717) is 11.6 Å². The minimum Gasteiger partial charge on any atom is -0.384 e. The standard InChI is InChI=1S/C19H30N6O/c1-13-14(2)21-17(15(3)20-13)11-24-8-6-7-16(9-24)10-25-12-18(22-23-25)19(4,5)26/h12,16,26H,6-11H2,1-5H3. The number of aliphatic hydroxyl groups is 1. The van der Waals surface area contributed by atoms with Crippen molar-refractivity contribution < 1.29 is 5.11 Å². The van der Waals surface area contributed by atoms with Crippen molar-refractivity contribution in [1.82, 2.24) is 29.9 Å². The van der Waals surface area contributed by atoms with E-state index in [0.717, 1.165) is 49.0 Å². The Morgan fingerprint density at radius 3 is 2.58 bits per heavy atom. The molecule has 0 radical (unpaired) electrons. The lowest BCUT2D eigenvalue weighted by atomic mass is 9.97. The lowest BCUT2D eigenvalue weighted by molar-refractivity contribution is 0.0737. The highest BCUT2D eigenvalue weighted by Gasteiger charge is 2.24. The molecule has 1 aliphatic rings. The molecule has 1 aliphatic heterocycles. The molecule has 1 unspecified atom stereocenters. The first-order valence-electron chi connectivity index (χ1n) is 9.38. The van der Waals surface area contributed by atoms with Gasteiger partial charge in [-0.3, -0.25) is 19.5 Å². The largest absolute Gasteiger partial charge is 0.384 e. The third-order valence-corrected chi connectivity index (χ3v) is 5.17. The van der Waals surface area contributed by atoms with E-state index in [1.807, 2.05) is 31.6 Å². The fourth-order valence-electron chi connectivity index (χ4n) is 3.50. The molecule has 2 aromatic heterocycles. The van der Waals surface area contributed by atoms with Crippen LogP contribution >= 0.6 is 0 Å². The summed E-state index contributed by atoms with van der Waals surface area (Å²) in [7, 11) is 0. The van der Waals surface area contributed by atoms with Crippen molar-refractivity contribution in [2.75, 3.05) is 13.1 Å². The minimum absolute atomic E-state index is 0.528. The van der Waals surface area contributed by atoms with Crippen LogP contribution in [0, 0.1) is 26.7 Å². The molecule has 26 heavy (non-hydrogen) atoms. The second kappa shape index (κ2) is 7.40. The highest BCUT2D eigenvalue weighted by Crippen LogP contribution is 2.22. The molecule has 0 amide bonds. The zero-order chi connectivity index (χ0) is 18.9. The lowest BCUT2D eigenvalue weighted by Gasteiger charge is -2.32. The minimum atomic E-state index is -0.948. The van der Waals surface area contributed by atoms with E-state index in [4.69, 9.17) is 4.98 Å². The maximum atomic E-state index is 10.0. The summed E-state index contributed by atoms with van der Waals surface area (Å²) in [4.78, 5) is 11.8. The van der Waals surface area contributed by atoms with Crippen molar-refractivity contribution in [1.29, 1.82) is 0 Å². The number of aromatic nitrogens is 5. The van der Waals surface area contributed by atoms with Crippen LogP contribution < -0.4 is 0 Å². The molecule has 1 saturated heterocycles. The maximum Gasteiger partial charge on any atom is 0.114 e. The SMILES string of the molecule is Cc1nc(C)c(CN2CCCC(Cn3cc(C(C)(C)O)nn3)C2)nc1C. The summed E-state index contributed by atoms with van der Waals surface area (Å²) in [6, 6.07) is 0. The lowest BCUT2D eigenvalue weighted by Crippen LogP contribution is -2.37. The van der Waals surface area contributed by atoms with Gasteiger partial charge in [-0.2, -0.15) is 0 Å². The number of rotatable bonds is 5. The number of hydrogen-bond donors (Lipinski definition) is 1. The topological polar surface area (TPSA) is 80.0 Å². The van der Waals surface area contributed by atoms with Crippen LogP contribution in [0.25, 0.3) is 0 Å². The summed E-state index contributed by atoms with van der Waals surface area (Å²) >= 11 is 0. The van der Waals surface area contributed by atoms with E-state index < -0.39 is 5.60 Å². The average Bonchev–Trinajstić information content (AvgIpc) is 3.02. The fraction of sp³-hybridized carbons (Fsp3) is 0.684. The summed E-state index contributed by atoms with van der Waals surface area (Å²) in [5.41, 5.74) is 3.81. The number of aryl methyl sites for hydroxylation is 3. The average molecular weight is 358 g/mol. The molecule has 142 valence electrons. The Labute approximate surface area is 155 Å². The molecule has 3 rings (SSSR count). The van der Waals surface area contributed by atoms with Gasteiger partial charge in [-0.1, -0.05) is 5.21 Å². The number of hydrogen-bond acceptors (Lipinski definition) is 6. The molecule has 2 aromatic rings. The summed E-state index contributed by atoms with van der Waals surface area (Å²) < 4.78 is 1.86. The molecule has 1 fully saturated rings. The van der Waals surface area contributed by atoms with E-state index in [1.165, 1.54) is 12.8 Å². The van der Waals surface area contributed by atoms with Crippen molar-refractivity contribution in [2.24, 2.45) is 5.92 Å². The first-order valence-corrected chi connectivity index (χ1v) is 9.38. The van der Waals surface area contributed by atoms with Gasteiger partial charge in [-0.15, -0.1) is 5.10 Å². The quantitative estimate of drug-likeness (QED) is 0.882. The van der Waals surface area contributed by atoms with Gasteiger partial charge < -0.3 is 5.11 Å². The molecule has 0 aliphatic carbocycles. The molecule has 0 spiro atoms. The molecule has 7 heteroatoms. The van der Waals surface area contributed by atoms with Gasteiger partial charge in [-0.25, -0.2) is 0 Å². The predicted octanol–water partition coefficient (Wildman–Crippen LogP) is 2.13. The van der Waals surface area contributed by atoms with Gasteiger partial charge >= 0.3 is 0 Å². The smallest absolute Gasteiger partial charge is 0.114 e. The van der Waals surface area contributed by atoms with Crippen LogP contribution in [0.2, 0.25) is 0 Å². The summed E-state index contributed by atoms with van der Waals surface area (Å²) in [6.07, 6.45) is 4.22. The zero-order valence-electron chi connectivity index (χ0n) is 16.5. The molecule has 1 atom stereocenters.